The number of benzene rings is 1. The number of methoxy groups -OCH3 is 2. The van der Waals surface area contributed by atoms with Crippen molar-refractivity contribution in [3.05, 3.63) is 30.2 Å². The van der Waals surface area contributed by atoms with Crippen molar-refractivity contribution in [3.8, 4) is 22.8 Å². The molecule has 114 valence electrons. The van der Waals surface area contributed by atoms with Crippen LogP contribution in [0.15, 0.2) is 24.4 Å². The molecule has 0 bridgehead atoms. The molecule has 0 aliphatic heterocycles. The SMILES string of the molecule is COc1ccc(-c2cnc(C(CN)C(C)C)[nH]2)c(OC)c1. The van der Waals surface area contributed by atoms with Crippen LogP contribution in [0.4, 0.5) is 0 Å². The van der Waals surface area contributed by atoms with Gasteiger partial charge in [0.15, 0.2) is 0 Å². The van der Waals surface area contributed by atoms with Gasteiger partial charge >= 0.3 is 0 Å². The first-order chi connectivity index (χ1) is 10.1. The van der Waals surface area contributed by atoms with Crippen molar-refractivity contribution in [2.24, 2.45) is 11.7 Å². The molecule has 5 nitrogen and oxygen atoms in total. The molecule has 2 rings (SSSR count). The summed E-state index contributed by atoms with van der Waals surface area (Å²) >= 11 is 0. The fourth-order valence-electron chi connectivity index (χ4n) is 2.38. The number of aromatic nitrogens is 2. The van der Waals surface area contributed by atoms with Gasteiger partial charge in [-0.3, -0.25) is 0 Å². The molecule has 0 radical (unpaired) electrons. The molecule has 0 aliphatic carbocycles. The van der Waals surface area contributed by atoms with E-state index in [1.165, 1.54) is 0 Å². The van der Waals surface area contributed by atoms with Crippen molar-refractivity contribution in [1.82, 2.24) is 9.97 Å². The van der Waals surface area contributed by atoms with Crippen LogP contribution >= 0.6 is 0 Å². The number of H-pyrrole nitrogens is 1. The van der Waals surface area contributed by atoms with E-state index < -0.39 is 0 Å². The van der Waals surface area contributed by atoms with Gasteiger partial charge in [-0.05, 0) is 18.1 Å². The van der Waals surface area contributed by atoms with Gasteiger partial charge in [0.2, 0.25) is 0 Å². The summed E-state index contributed by atoms with van der Waals surface area (Å²) in [7, 11) is 3.28. The summed E-state index contributed by atoms with van der Waals surface area (Å²) in [6.45, 7) is 4.87. The van der Waals surface area contributed by atoms with Crippen molar-refractivity contribution in [3.63, 3.8) is 0 Å². The maximum absolute atomic E-state index is 5.85. The second-order valence-corrected chi connectivity index (χ2v) is 5.33. The molecule has 0 saturated heterocycles. The smallest absolute Gasteiger partial charge is 0.131 e. The van der Waals surface area contributed by atoms with Crippen molar-refractivity contribution < 1.29 is 9.47 Å². The van der Waals surface area contributed by atoms with E-state index in [9.17, 15) is 0 Å². The zero-order chi connectivity index (χ0) is 15.4. The Morgan fingerprint density at radius 3 is 2.57 bits per heavy atom. The number of ether oxygens (including phenoxy) is 2. The van der Waals surface area contributed by atoms with E-state index in [0.29, 0.717) is 12.5 Å². The standard InChI is InChI=1S/C16H23N3O2/c1-10(2)13(8-17)16-18-9-14(19-16)12-6-5-11(20-3)7-15(12)21-4/h5-7,9-10,13H,8,17H2,1-4H3,(H,18,19). The molecule has 21 heavy (non-hydrogen) atoms. The highest BCUT2D eigenvalue weighted by Gasteiger charge is 2.18. The van der Waals surface area contributed by atoms with E-state index in [2.05, 4.69) is 23.8 Å². The fourth-order valence-corrected chi connectivity index (χ4v) is 2.38. The molecule has 1 heterocycles. The summed E-state index contributed by atoms with van der Waals surface area (Å²) in [5.74, 6) is 3.09. The molecule has 5 heteroatoms. The highest BCUT2D eigenvalue weighted by molar-refractivity contribution is 5.68. The van der Waals surface area contributed by atoms with Crippen LogP contribution in [0.2, 0.25) is 0 Å². The number of rotatable bonds is 6. The molecule has 0 saturated carbocycles. The van der Waals surface area contributed by atoms with Crippen LogP contribution in [0, 0.1) is 5.92 Å². The van der Waals surface area contributed by atoms with Gasteiger partial charge in [0.1, 0.15) is 17.3 Å². The Balaban J connectivity index is 2.37. The largest absolute Gasteiger partial charge is 0.497 e. The lowest BCUT2D eigenvalue weighted by Crippen LogP contribution is -2.19. The number of nitrogens with zero attached hydrogens (tertiary/aromatic N) is 1. The van der Waals surface area contributed by atoms with E-state index in [4.69, 9.17) is 15.2 Å². The number of imidazole rings is 1. The normalized spacial score (nSPS) is 12.5. The Bertz CT molecular complexity index is 593. The molecular weight excluding hydrogens is 266 g/mol. The van der Waals surface area contributed by atoms with Gasteiger partial charge in [0, 0.05) is 24.1 Å². The first-order valence-electron chi connectivity index (χ1n) is 7.08. The maximum Gasteiger partial charge on any atom is 0.131 e. The first-order valence-corrected chi connectivity index (χ1v) is 7.08. The zero-order valence-corrected chi connectivity index (χ0v) is 13.0. The van der Waals surface area contributed by atoms with Crippen LogP contribution < -0.4 is 15.2 Å². The fraction of sp³-hybridized carbons (Fsp3) is 0.438. The summed E-state index contributed by atoms with van der Waals surface area (Å²) in [6, 6.07) is 5.72. The van der Waals surface area contributed by atoms with E-state index in [1.807, 2.05) is 24.4 Å². The number of hydrogen-bond donors (Lipinski definition) is 2. The molecule has 1 aromatic carbocycles. The molecule has 2 aromatic rings. The Labute approximate surface area is 125 Å². The van der Waals surface area contributed by atoms with Crippen LogP contribution in [0.25, 0.3) is 11.3 Å². The number of nitrogens with one attached hydrogen (secondary N) is 1. The topological polar surface area (TPSA) is 73.2 Å². The first kappa shape index (κ1) is 15.4. The third-order valence-corrected chi connectivity index (χ3v) is 3.70. The van der Waals surface area contributed by atoms with Crippen LogP contribution in [-0.4, -0.2) is 30.7 Å². The molecule has 0 amide bonds. The minimum atomic E-state index is 0.225. The highest BCUT2D eigenvalue weighted by atomic mass is 16.5. The Morgan fingerprint density at radius 1 is 1.24 bits per heavy atom. The third kappa shape index (κ3) is 3.19. The van der Waals surface area contributed by atoms with Gasteiger partial charge in [0.25, 0.3) is 0 Å². The highest BCUT2D eigenvalue weighted by Crippen LogP contribution is 2.33. The lowest BCUT2D eigenvalue weighted by molar-refractivity contribution is 0.395. The molecule has 0 spiro atoms. The summed E-state index contributed by atoms with van der Waals surface area (Å²) in [6.07, 6.45) is 1.82. The summed E-state index contributed by atoms with van der Waals surface area (Å²) in [4.78, 5) is 7.84. The van der Waals surface area contributed by atoms with Crippen LogP contribution in [0.3, 0.4) is 0 Å². The lowest BCUT2D eigenvalue weighted by atomic mass is 9.95. The lowest BCUT2D eigenvalue weighted by Gasteiger charge is -2.16. The molecule has 0 fully saturated rings. The number of nitrogens with two attached hydrogens (primary N) is 1. The van der Waals surface area contributed by atoms with E-state index in [-0.39, 0.29) is 5.92 Å². The van der Waals surface area contributed by atoms with E-state index >= 15 is 0 Å². The summed E-state index contributed by atoms with van der Waals surface area (Å²) < 4.78 is 10.7. The van der Waals surface area contributed by atoms with Crippen LogP contribution in [0.5, 0.6) is 11.5 Å². The molecular formula is C16H23N3O2. The Kier molecular flexibility index (Phi) is 4.85. The minimum Gasteiger partial charge on any atom is -0.497 e. The summed E-state index contributed by atoms with van der Waals surface area (Å²) in [5.41, 5.74) is 7.72. The molecule has 3 N–H and O–H groups in total. The molecule has 0 aliphatic rings. The van der Waals surface area contributed by atoms with E-state index in [1.54, 1.807) is 14.2 Å². The molecule has 1 aromatic heterocycles. The Morgan fingerprint density at radius 2 is 2.00 bits per heavy atom. The Hall–Kier alpha value is -2.01. The monoisotopic (exact) mass is 289 g/mol. The third-order valence-electron chi connectivity index (χ3n) is 3.70. The molecule has 1 unspecified atom stereocenters. The van der Waals surface area contributed by atoms with Gasteiger partial charge in [-0.1, -0.05) is 13.8 Å². The van der Waals surface area contributed by atoms with Crippen molar-refractivity contribution >= 4 is 0 Å². The predicted molar refractivity (Wildman–Crippen MR) is 83.8 cm³/mol. The average Bonchev–Trinajstić information content (AvgIpc) is 2.96. The van der Waals surface area contributed by atoms with Crippen LogP contribution in [-0.2, 0) is 0 Å². The van der Waals surface area contributed by atoms with Gasteiger partial charge in [-0.2, -0.15) is 0 Å². The van der Waals surface area contributed by atoms with Crippen LogP contribution in [0.1, 0.15) is 25.6 Å². The van der Waals surface area contributed by atoms with Crippen molar-refractivity contribution in [2.45, 2.75) is 19.8 Å². The van der Waals surface area contributed by atoms with E-state index in [0.717, 1.165) is 28.6 Å². The maximum atomic E-state index is 5.85. The summed E-state index contributed by atoms with van der Waals surface area (Å²) in [5, 5.41) is 0. The van der Waals surface area contributed by atoms with Gasteiger partial charge < -0.3 is 20.2 Å². The zero-order valence-electron chi connectivity index (χ0n) is 13.0. The predicted octanol–water partition coefficient (Wildman–Crippen LogP) is 2.79. The quantitative estimate of drug-likeness (QED) is 0.857. The number of hydrogen-bond acceptors (Lipinski definition) is 4. The number of aromatic amines is 1. The second-order valence-electron chi connectivity index (χ2n) is 5.33. The van der Waals surface area contributed by atoms with Gasteiger partial charge in [-0.15, -0.1) is 0 Å². The minimum absolute atomic E-state index is 0.225. The second kappa shape index (κ2) is 6.63. The van der Waals surface area contributed by atoms with Crippen molar-refractivity contribution in [2.75, 3.05) is 20.8 Å². The van der Waals surface area contributed by atoms with Gasteiger partial charge in [-0.25, -0.2) is 4.98 Å². The molecule has 1 atom stereocenters. The average molecular weight is 289 g/mol. The van der Waals surface area contributed by atoms with Gasteiger partial charge in [0.05, 0.1) is 26.1 Å². The van der Waals surface area contributed by atoms with Crippen molar-refractivity contribution in [1.29, 1.82) is 0 Å².